The van der Waals surface area contributed by atoms with E-state index in [0.717, 1.165) is 0 Å². The molecule has 0 amide bonds. The molecule has 0 atom stereocenters. The van der Waals surface area contributed by atoms with Crippen molar-refractivity contribution < 1.29 is 18.3 Å². The molecule has 0 bridgehead atoms. The summed E-state index contributed by atoms with van der Waals surface area (Å²) in [5.74, 6) is -1.20. The second kappa shape index (κ2) is 4.73. The lowest BCUT2D eigenvalue weighted by molar-refractivity contribution is 0.0698. The largest absolute Gasteiger partial charge is 0.478 e. The van der Waals surface area contributed by atoms with Gasteiger partial charge in [0.2, 0.25) is 0 Å². The predicted octanol–water partition coefficient (Wildman–Crippen LogP) is 1.22. The third-order valence-electron chi connectivity index (χ3n) is 2.50. The number of nitrogens with zero attached hydrogens (tertiary/aromatic N) is 1. The second-order valence-electron chi connectivity index (χ2n) is 3.83. The number of H-pyrrole nitrogens is 1. The fourth-order valence-corrected chi connectivity index (χ4v) is 2.63. The first-order valence-corrected chi connectivity index (χ1v) is 6.75. The molecule has 0 aliphatic heterocycles. The van der Waals surface area contributed by atoms with Crippen LogP contribution in [0.5, 0.6) is 0 Å². The van der Waals surface area contributed by atoms with Crippen molar-refractivity contribution in [3.8, 4) is 0 Å². The molecule has 2 aromatic rings. The number of anilines is 1. The number of nitrogens with one attached hydrogen (secondary N) is 2. The van der Waals surface area contributed by atoms with E-state index in [0.29, 0.717) is 5.56 Å². The highest BCUT2D eigenvalue weighted by Crippen LogP contribution is 2.23. The van der Waals surface area contributed by atoms with Gasteiger partial charge in [0.1, 0.15) is 0 Å². The Labute approximate surface area is 109 Å². The number of carbonyl (C=O) groups is 1. The Bertz CT molecular complexity index is 708. The van der Waals surface area contributed by atoms with Crippen LogP contribution in [0.4, 0.5) is 5.69 Å². The van der Waals surface area contributed by atoms with Crippen LogP contribution in [-0.4, -0.2) is 29.7 Å². The molecule has 3 N–H and O–H groups in total. The number of aromatic carboxylic acids is 1. The lowest BCUT2D eigenvalue weighted by atomic mass is 10.1. The molecule has 8 heteroatoms. The summed E-state index contributed by atoms with van der Waals surface area (Å²) in [6.07, 6.45) is 1.30. The molecule has 0 fully saturated rings. The molecule has 19 heavy (non-hydrogen) atoms. The topological polar surface area (TPSA) is 112 Å². The lowest BCUT2D eigenvalue weighted by Gasteiger charge is -2.11. The molecule has 0 radical (unpaired) electrons. The Morgan fingerprint density at radius 3 is 2.68 bits per heavy atom. The van der Waals surface area contributed by atoms with Gasteiger partial charge < -0.3 is 5.11 Å². The number of carboxylic acids is 1. The van der Waals surface area contributed by atoms with Crippen LogP contribution in [-0.2, 0) is 10.0 Å². The smallest absolute Gasteiger partial charge is 0.337 e. The summed E-state index contributed by atoms with van der Waals surface area (Å²) in [5, 5.41) is 14.8. The van der Waals surface area contributed by atoms with Crippen molar-refractivity contribution in [3.63, 3.8) is 0 Å². The Hall–Kier alpha value is -2.35. The summed E-state index contributed by atoms with van der Waals surface area (Å²) in [6.45, 7) is 1.62. The van der Waals surface area contributed by atoms with Gasteiger partial charge in [0, 0.05) is 0 Å². The molecule has 0 saturated heterocycles. The summed E-state index contributed by atoms with van der Waals surface area (Å²) < 4.78 is 26.3. The van der Waals surface area contributed by atoms with Crippen LogP contribution in [0.1, 0.15) is 15.9 Å². The van der Waals surface area contributed by atoms with Crippen molar-refractivity contribution in [1.82, 2.24) is 10.2 Å². The molecule has 0 aliphatic carbocycles. The predicted molar refractivity (Wildman–Crippen MR) is 67.5 cm³/mol. The zero-order valence-corrected chi connectivity index (χ0v) is 10.7. The minimum atomic E-state index is -3.88. The van der Waals surface area contributed by atoms with Gasteiger partial charge in [-0.2, -0.15) is 13.5 Å². The zero-order valence-electron chi connectivity index (χ0n) is 9.91. The molecule has 0 saturated carbocycles. The van der Waals surface area contributed by atoms with E-state index in [1.807, 2.05) is 0 Å². The second-order valence-corrected chi connectivity index (χ2v) is 5.48. The molecule has 7 nitrogen and oxygen atoms in total. The zero-order chi connectivity index (χ0) is 14.0. The van der Waals surface area contributed by atoms with E-state index < -0.39 is 16.0 Å². The minimum absolute atomic E-state index is 0.0459. The number of benzene rings is 1. The molecule has 1 aromatic carbocycles. The lowest BCUT2D eigenvalue weighted by Crippen LogP contribution is -2.17. The third-order valence-corrected chi connectivity index (χ3v) is 3.78. The third kappa shape index (κ3) is 2.58. The molecular weight excluding hydrogens is 270 g/mol. The van der Waals surface area contributed by atoms with Crippen molar-refractivity contribution in [2.75, 3.05) is 4.72 Å². The maximum atomic E-state index is 12.0. The van der Waals surface area contributed by atoms with Crippen LogP contribution in [0.3, 0.4) is 0 Å². The molecule has 1 heterocycles. The quantitative estimate of drug-likeness (QED) is 0.780. The average molecular weight is 281 g/mol. The van der Waals surface area contributed by atoms with Gasteiger partial charge in [-0.3, -0.25) is 9.82 Å². The normalized spacial score (nSPS) is 11.2. The first-order valence-electron chi connectivity index (χ1n) is 5.27. The number of hydrogen-bond acceptors (Lipinski definition) is 4. The van der Waals surface area contributed by atoms with E-state index in [9.17, 15) is 13.2 Å². The van der Waals surface area contributed by atoms with E-state index in [4.69, 9.17) is 5.11 Å². The van der Waals surface area contributed by atoms with E-state index in [1.54, 1.807) is 19.1 Å². The fourth-order valence-electron chi connectivity index (χ4n) is 1.56. The Morgan fingerprint density at radius 1 is 1.37 bits per heavy atom. The molecule has 0 spiro atoms. The summed E-state index contributed by atoms with van der Waals surface area (Å²) in [4.78, 5) is 11.1. The number of para-hydroxylation sites is 1. The van der Waals surface area contributed by atoms with Crippen molar-refractivity contribution >= 4 is 21.7 Å². The SMILES string of the molecule is Cc1cccc(C(=O)O)c1NS(=O)(=O)c1ccn[nH]1. The first-order chi connectivity index (χ1) is 8.92. The highest BCUT2D eigenvalue weighted by Gasteiger charge is 2.20. The standard InChI is InChI=1S/C11H11N3O4S/c1-7-3-2-4-8(11(15)16)10(7)14-19(17,18)9-5-6-12-13-9/h2-6,14H,1H3,(H,12,13)(H,15,16). The van der Waals surface area contributed by atoms with Crippen LogP contribution in [0, 0.1) is 6.92 Å². The Balaban J connectivity index is 2.48. The average Bonchev–Trinajstić information content (AvgIpc) is 2.85. The van der Waals surface area contributed by atoms with Crippen molar-refractivity contribution in [2.45, 2.75) is 11.9 Å². The highest BCUT2D eigenvalue weighted by atomic mass is 32.2. The van der Waals surface area contributed by atoms with Crippen LogP contribution >= 0.6 is 0 Å². The minimum Gasteiger partial charge on any atom is -0.478 e. The van der Waals surface area contributed by atoms with Gasteiger partial charge in [-0.25, -0.2) is 4.79 Å². The van der Waals surface area contributed by atoms with Crippen LogP contribution in [0.25, 0.3) is 0 Å². The van der Waals surface area contributed by atoms with Gasteiger partial charge in [-0.15, -0.1) is 0 Å². The molecular formula is C11H11N3O4S. The molecule has 2 rings (SSSR count). The van der Waals surface area contributed by atoms with Crippen LogP contribution in [0.2, 0.25) is 0 Å². The summed E-state index contributed by atoms with van der Waals surface area (Å²) in [5.41, 5.74) is 0.454. The number of hydrogen-bond donors (Lipinski definition) is 3. The Morgan fingerprint density at radius 2 is 2.11 bits per heavy atom. The van der Waals surface area contributed by atoms with E-state index >= 15 is 0 Å². The van der Waals surface area contributed by atoms with E-state index in [1.165, 1.54) is 18.3 Å². The van der Waals surface area contributed by atoms with Crippen molar-refractivity contribution in [1.29, 1.82) is 0 Å². The maximum absolute atomic E-state index is 12.0. The van der Waals surface area contributed by atoms with Crippen LogP contribution < -0.4 is 4.72 Å². The number of carboxylic acid groups (broad SMARTS) is 1. The van der Waals surface area contributed by atoms with Gasteiger partial charge in [0.15, 0.2) is 5.03 Å². The number of sulfonamides is 1. The van der Waals surface area contributed by atoms with Gasteiger partial charge in [0.05, 0.1) is 17.4 Å². The van der Waals surface area contributed by atoms with Gasteiger partial charge in [-0.1, -0.05) is 12.1 Å². The monoisotopic (exact) mass is 281 g/mol. The molecule has 100 valence electrons. The highest BCUT2D eigenvalue weighted by molar-refractivity contribution is 7.92. The van der Waals surface area contributed by atoms with Gasteiger partial charge in [0.25, 0.3) is 10.0 Å². The first kappa shape index (κ1) is 13.1. The van der Waals surface area contributed by atoms with Crippen molar-refractivity contribution in [3.05, 3.63) is 41.6 Å². The van der Waals surface area contributed by atoms with Crippen molar-refractivity contribution in [2.24, 2.45) is 0 Å². The summed E-state index contributed by atoms with van der Waals surface area (Å²) in [6, 6.07) is 5.78. The summed E-state index contributed by atoms with van der Waals surface area (Å²) >= 11 is 0. The number of aromatic amines is 1. The number of rotatable bonds is 4. The van der Waals surface area contributed by atoms with Crippen LogP contribution in [0.15, 0.2) is 35.5 Å². The Kier molecular flexibility index (Phi) is 3.26. The van der Waals surface area contributed by atoms with Gasteiger partial charge >= 0.3 is 5.97 Å². The maximum Gasteiger partial charge on any atom is 0.337 e. The molecule has 1 aromatic heterocycles. The number of aryl methyl sites for hydroxylation is 1. The number of aromatic nitrogens is 2. The van der Waals surface area contributed by atoms with E-state index in [-0.39, 0.29) is 16.3 Å². The molecule has 0 unspecified atom stereocenters. The summed E-state index contributed by atoms with van der Waals surface area (Å²) in [7, 11) is -3.88. The molecule has 0 aliphatic rings. The van der Waals surface area contributed by atoms with E-state index in [2.05, 4.69) is 14.9 Å². The van der Waals surface area contributed by atoms with Gasteiger partial charge in [-0.05, 0) is 24.6 Å². The fraction of sp³-hybridized carbons (Fsp3) is 0.0909.